The first-order chi connectivity index (χ1) is 16.1. The SMILES string of the molecule is CC1(C)Cc2cccc(OCc3ccc(C(=O)NCCc4ccc(S(N)(=O)=O)cc4)cc3)c2O1. The molecule has 1 aliphatic heterocycles. The monoisotopic (exact) mass is 480 g/mol. The van der Waals surface area contributed by atoms with E-state index < -0.39 is 10.0 Å². The van der Waals surface area contributed by atoms with Crippen molar-refractivity contribution >= 4 is 15.9 Å². The third-order valence-electron chi connectivity index (χ3n) is 5.62. The molecule has 0 saturated heterocycles. The summed E-state index contributed by atoms with van der Waals surface area (Å²) in [5, 5.41) is 7.98. The molecule has 4 rings (SSSR count). The van der Waals surface area contributed by atoms with Crippen molar-refractivity contribution in [3.63, 3.8) is 0 Å². The number of primary sulfonamides is 1. The number of sulfonamides is 1. The number of para-hydroxylation sites is 1. The second kappa shape index (κ2) is 9.48. The van der Waals surface area contributed by atoms with E-state index in [0.29, 0.717) is 25.1 Å². The molecule has 0 radical (unpaired) electrons. The average Bonchev–Trinajstić information content (AvgIpc) is 3.12. The third kappa shape index (κ3) is 5.76. The molecule has 0 atom stereocenters. The van der Waals surface area contributed by atoms with E-state index in [1.807, 2.05) is 24.3 Å². The van der Waals surface area contributed by atoms with Crippen molar-refractivity contribution in [1.82, 2.24) is 5.32 Å². The van der Waals surface area contributed by atoms with Gasteiger partial charge in [0.25, 0.3) is 5.91 Å². The van der Waals surface area contributed by atoms with Gasteiger partial charge in [-0.3, -0.25) is 4.79 Å². The van der Waals surface area contributed by atoms with Crippen molar-refractivity contribution in [3.8, 4) is 11.5 Å². The van der Waals surface area contributed by atoms with Gasteiger partial charge in [-0.05, 0) is 61.7 Å². The van der Waals surface area contributed by atoms with Gasteiger partial charge in [0.2, 0.25) is 10.0 Å². The standard InChI is InChI=1S/C26H28N2O5S/c1-26(2)16-21-4-3-5-23(24(21)33-26)32-17-19-6-10-20(11-7-19)25(29)28-15-14-18-8-12-22(13-9-18)34(27,30)31/h3-13H,14-17H2,1-2H3,(H,28,29)(H2,27,30,31). The number of nitrogens with one attached hydrogen (secondary N) is 1. The van der Waals surface area contributed by atoms with Crippen LogP contribution >= 0.6 is 0 Å². The zero-order chi connectivity index (χ0) is 24.3. The molecule has 0 aliphatic carbocycles. The van der Waals surface area contributed by atoms with Gasteiger partial charge in [-0.25, -0.2) is 13.6 Å². The second-order valence-corrected chi connectivity index (χ2v) is 10.5. The van der Waals surface area contributed by atoms with Gasteiger partial charge < -0.3 is 14.8 Å². The van der Waals surface area contributed by atoms with Gasteiger partial charge in [0, 0.05) is 24.1 Å². The van der Waals surface area contributed by atoms with Crippen molar-refractivity contribution in [2.24, 2.45) is 5.14 Å². The predicted molar refractivity (Wildman–Crippen MR) is 129 cm³/mol. The maximum atomic E-state index is 12.4. The lowest BCUT2D eigenvalue weighted by molar-refractivity contribution is 0.0954. The number of amides is 1. The Morgan fingerprint density at radius 2 is 1.71 bits per heavy atom. The van der Waals surface area contributed by atoms with Crippen LogP contribution in [0.5, 0.6) is 11.5 Å². The molecule has 1 aliphatic rings. The molecular weight excluding hydrogens is 452 g/mol. The van der Waals surface area contributed by atoms with Crippen molar-refractivity contribution < 1.29 is 22.7 Å². The number of benzene rings is 3. The lowest BCUT2D eigenvalue weighted by Crippen LogP contribution is -2.25. The Bertz CT molecular complexity index is 1280. The van der Waals surface area contributed by atoms with E-state index in [1.165, 1.54) is 12.1 Å². The number of carbonyl (C=O) groups is 1. The fourth-order valence-electron chi connectivity index (χ4n) is 3.88. The summed E-state index contributed by atoms with van der Waals surface area (Å²) >= 11 is 0. The summed E-state index contributed by atoms with van der Waals surface area (Å²) < 4.78 is 34.7. The molecule has 0 spiro atoms. The van der Waals surface area contributed by atoms with Crippen LogP contribution in [0, 0.1) is 0 Å². The molecule has 0 aromatic heterocycles. The molecular formula is C26H28N2O5S. The van der Waals surface area contributed by atoms with E-state index in [2.05, 4.69) is 25.2 Å². The lowest BCUT2D eigenvalue weighted by atomic mass is 10.0. The largest absolute Gasteiger partial charge is 0.485 e. The molecule has 3 N–H and O–H groups in total. The van der Waals surface area contributed by atoms with Crippen molar-refractivity contribution in [3.05, 3.63) is 89.0 Å². The molecule has 7 nitrogen and oxygen atoms in total. The summed E-state index contributed by atoms with van der Waals surface area (Å²) in [5.41, 5.74) is 3.32. The Labute approximate surface area is 199 Å². The number of carbonyl (C=O) groups excluding carboxylic acids is 1. The minimum absolute atomic E-state index is 0.0670. The van der Waals surface area contributed by atoms with Gasteiger partial charge in [0.15, 0.2) is 11.5 Å². The Morgan fingerprint density at radius 1 is 1.03 bits per heavy atom. The molecule has 3 aromatic rings. The summed E-state index contributed by atoms with van der Waals surface area (Å²) in [7, 11) is -3.71. The van der Waals surface area contributed by atoms with E-state index in [0.717, 1.165) is 34.6 Å². The third-order valence-corrected chi connectivity index (χ3v) is 6.55. The van der Waals surface area contributed by atoms with Crippen molar-refractivity contribution in [2.45, 2.75) is 43.8 Å². The highest BCUT2D eigenvalue weighted by Gasteiger charge is 2.32. The highest BCUT2D eigenvalue weighted by atomic mass is 32.2. The van der Waals surface area contributed by atoms with Crippen LogP contribution in [0.2, 0.25) is 0 Å². The molecule has 34 heavy (non-hydrogen) atoms. The highest BCUT2D eigenvalue weighted by molar-refractivity contribution is 7.89. The van der Waals surface area contributed by atoms with Gasteiger partial charge >= 0.3 is 0 Å². The van der Waals surface area contributed by atoms with Gasteiger partial charge in [0.1, 0.15) is 12.2 Å². The Hall–Kier alpha value is -3.36. The predicted octanol–water partition coefficient (Wildman–Crippen LogP) is 3.60. The van der Waals surface area contributed by atoms with Crippen LogP contribution in [0.3, 0.4) is 0 Å². The van der Waals surface area contributed by atoms with E-state index in [-0.39, 0.29) is 16.4 Å². The first-order valence-corrected chi connectivity index (χ1v) is 12.6. The number of hydrogen-bond donors (Lipinski definition) is 2. The molecule has 0 bridgehead atoms. The first-order valence-electron chi connectivity index (χ1n) is 11.0. The lowest BCUT2D eigenvalue weighted by Gasteiger charge is -2.18. The topological polar surface area (TPSA) is 108 Å². The number of fused-ring (bicyclic) bond motifs is 1. The molecule has 0 unspecified atom stereocenters. The fourth-order valence-corrected chi connectivity index (χ4v) is 4.40. The van der Waals surface area contributed by atoms with Gasteiger partial charge in [-0.1, -0.05) is 36.4 Å². The van der Waals surface area contributed by atoms with Gasteiger partial charge in [0.05, 0.1) is 4.90 Å². The van der Waals surface area contributed by atoms with Crippen molar-refractivity contribution in [2.75, 3.05) is 6.54 Å². The van der Waals surface area contributed by atoms with Crippen LogP contribution in [-0.4, -0.2) is 26.5 Å². The smallest absolute Gasteiger partial charge is 0.251 e. The van der Waals surface area contributed by atoms with Crippen molar-refractivity contribution in [1.29, 1.82) is 0 Å². The number of nitrogens with two attached hydrogens (primary N) is 1. The number of rotatable bonds is 8. The molecule has 0 saturated carbocycles. The number of hydrogen-bond acceptors (Lipinski definition) is 5. The second-order valence-electron chi connectivity index (χ2n) is 8.96. The van der Waals surface area contributed by atoms with E-state index >= 15 is 0 Å². The minimum atomic E-state index is -3.71. The summed E-state index contributed by atoms with van der Waals surface area (Å²) in [6.45, 7) is 4.92. The van der Waals surface area contributed by atoms with E-state index in [4.69, 9.17) is 14.6 Å². The average molecular weight is 481 g/mol. The summed E-state index contributed by atoms with van der Waals surface area (Å²) in [6.07, 6.45) is 1.42. The van der Waals surface area contributed by atoms with Crippen LogP contribution in [0.1, 0.15) is 40.9 Å². The normalized spacial score (nSPS) is 14.2. The maximum Gasteiger partial charge on any atom is 0.251 e. The fraction of sp³-hybridized carbons (Fsp3) is 0.269. The quantitative estimate of drug-likeness (QED) is 0.512. The zero-order valence-corrected chi connectivity index (χ0v) is 20.0. The Morgan fingerprint density at radius 3 is 2.38 bits per heavy atom. The Balaban J connectivity index is 1.28. The summed E-state index contributed by atoms with van der Waals surface area (Å²) in [5.74, 6) is 1.36. The van der Waals surface area contributed by atoms with Gasteiger partial charge in [-0.2, -0.15) is 0 Å². The van der Waals surface area contributed by atoms with Crippen LogP contribution in [0.25, 0.3) is 0 Å². The van der Waals surface area contributed by atoms with E-state index in [9.17, 15) is 13.2 Å². The van der Waals surface area contributed by atoms with Crippen LogP contribution < -0.4 is 19.9 Å². The molecule has 0 fully saturated rings. The zero-order valence-electron chi connectivity index (χ0n) is 19.2. The summed E-state index contributed by atoms with van der Waals surface area (Å²) in [6, 6.07) is 19.5. The molecule has 1 amide bonds. The molecule has 3 aromatic carbocycles. The molecule has 178 valence electrons. The minimum Gasteiger partial charge on any atom is -0.485 e. The van der Waals surface area contributed by atoms with Crippen LogP contribution in [0.4, 0.5) is 0 Å². The van der Waals surface area contributed by atoms with Crippen LogP contribution in [0.15, 0.2) is 71.6 Å². The Kier molecular flexibility index (Phi) is 6.63. The summed E-state index contributed by atoms with van der Waals surface area (Å²) in [4.78, 5) is 12.5. The van der Waals surface area contributed by atoms with Gasteiger partial charge in [-0.15, -0.1) is 0 Å². The maximum absolute atomic E-state index is 12.4. The number of ether oxygens (including phenoxy) is 2. The van der Waals surface area contributed by atoms with E-state index in [1.54, 1.807) is 24.3 Å². The first kappa shape index (κ1) is 23.8. The highest BCUT2D eigenvalue weighted by Crippen LogP contribution is 2.41. The van der Waals surface area contributed by atoms with Crippen LogP contribution in [-0.2, 0) is 29.5 Å². The molecule has 1 heterocycles. The molecule has 8 heteroatoms.